The van der Waals surface area contributed by atoms with E-state index < -0.39 is 5.91 Å². The third-order valence-electron chi connectivity index (χ3n) is 3.78. The van der Waals surface area contributed by atoms with E-state index >= 15 is 0 Å². The van der Waals surface area contributed by atoms with E-state index in [0.717, 1.165) is 0 Å². The highest BCUT2D eigenvalue weighted by atomic mass is 16.5. The summed E-state index contributed by atoms with van der Waals surface area (Å²) in [4.78, 5) is 25.0. The summed E-state index contributed by atoms with van der Waals surface area (Å²) < 4.78 is 15.8. The topological polar surface area (TPSA) is 112 Å². The zero-order chi connectivity index (χ0) is 19.8. The van der Waals surface area contributed by atoms with Gasteiger partial charge in [-0.25, -0.2) is 0 Å². The molecule has 0 aromatic heterocycles. The minimum Gasteiger partial charge on any atom is -0.493 e. The fourth-order valence-electron chi connectivity index (χ4n) is 2.48. The number of para-hydroxylation sites is 1. The highest BCUT2D eigenvalue weighted by Gasteiger charge is 2.19. The summed E-state index contributed by atoms with van der Waals surface area (Å²) in [5.41, 5.74) is 6.42. The molecule has 2 aromatic rings. The van der Waals surface area contributed by atoms with Crippen LogP contribution in [0.4, 0.5) is 5.69 Å². The Balaban J connectivity index is 2.32. The summed E-state index contributed by atoms with van der Waals surface area (Å²) >= 11 is 0. The molecule has 0 aliphatic heterocycles. The molecule has 0 heterocycles. The molecule has 0 fully saturated rings. The van der Waals surface area contributed by atoms with Gasteiger partial charge in [-0.2, -0.15) is 0 Å². The first-order chi connectivity index (χ1) is 13.0. The van der Waals surface area contributed by atoms with Crippen molar-refractivity contribution in [2.75, 3.05) is 39.7 Å². The number of amides is 2. The summed E-state index contributed by atoms with van der Waals surface area (Å²) in [5.74, 6) is 0.361. The van der Waals surface area contributed by atoms with Gasteiger partial charge in [-0.3, -0.25) is 9.59 Å². The molecule has 2 amide bonds. The van der Waals surface area contributed by atoms with E-state index in [0.29, 0.717) is 47.2 Å². The first kappa shape index (κ1) is 20.1. The van der Waals surface area contributed by atoms with Gasteiger partial charge in [-0.05, 0) is 24.3 Å². The summed E-state index contributed by atoms with van der Waals surface area (Å²) in [5, 5.41) is 5.42. The van der Waals surface area contributed by atoms with Crippen LogP contribution in [-0.2, 0) is 0 Å². The third-order valence-corrected chi connectivity index (χ3v) is 3.78. The minimum atomic E-state index is -0.423. The fraction of sp³-hybridized carbons (Fsp3) is 0.263. The molecule has 0 unspecified atom stereocenters. The van der Waals surface area contributed by atoms with Crippen LogP contribution in [0.3, 0.4) is 0 Å². The zero-order valence-corrected chi connectivity index (χ0v) is 15.5. The van der Waals surface area contributed by atoms with Crippen LogP contribution in [0.25, 0.3) is 0 Å². The molecule has 8 heteroatoms. The summed E-state index contributed by atoms with van der Waals surface area (Å²) in [7, 11) is 4.42. The molecular weight excluding hydrogens is 350 g/mol. The van der Waals surface area contributed by atoms with E-state index in [1.807, 2.05) is 0 Å². The largest absolute Gasteiger partial charge is 0.493 e. The zero-order valence-electron chi connectivity index (χ0n) is 15.5. The van der Waals surface area contributed by atoms with Crippen LogP contribution in [0.15, 0.2) is 36.4 Å². The molecule has 0 aliphatic carbocycles. The molecule has 0 bridgehead atoms. The molecule has 2 rings (SSSR count). The predicted molar refractivity (Wildman–Crippen MR) is 102 cm³/mol. The second kappa shape index (κ2) is 9.44. The Hall–Kier alpha value is -3.26. The van der Waals surface area contributed by atoms with Gasteiger partial charge in [0.1, 0.15) is 0 Å². The maximum atomic E-state index is 12.7. The van der Waals surface area contributed by atoms with E-state index in [1.165, 1.54) is 33.5 Å². The van der Waals surface area contributed by atoms with E-state index in [1.54, 1.807) is 24.3 Å². The first-order valence-electron chi connectivity index (χ1n) is 8.24. The maximum Gasteiger partial charge on any atom is 0.255 e. The number of methoxy groups -OCH3 is 3. The average molecular weight is 373 g/mol. The van der Waals surface area contributed by atoms with Crippen molar-refractivity contribution in [1.82, 2.24) is 5.32 Å². The van der Waals surface area contributed by atoms with E-state index in [4.69, 9.17) is 19.9 Å². The van der Waals surface area contributed by atoms with Crippen LogP contribution in [0.2, 0.25) is 0 Å². The predicted octanol–water partition coefficient (Wildman–Crippen LogP) is 1.65. The minimum absolute atomic E-state index is 0.293. The van der Waals surface area contributed by atoms with Crippen LogP contribution in [-0.4, -0.2) is 46.2 Å². The molecule has 0 aliphatic rings. The number of nitrogens with two attached hydrogens (primary N) is 1. The van der Waals surface area contributed by atoms with Crippen molar-refractivity contribution in [3.05, 3.63) is 47.5 Å². The van der Waals surface area contributed by atoms with E-state index in [2.05, 4.69) is 10.6 Å². The van der Waals surface area contributed by atoms with Crippen LogP contribution in [0.5, 0.6) is 17.2 Å². The number of nitrogens with one attached hydrogen (secondary N) is 2. The highest BCUT2D eigenvalue weighted by molar-refractivity contribution is 6.09. The SMILES string of the molecule is COc1cc(C(=O)Nc2ccccc2C(=O)NCCN)cc(OC)c1OC. The quantitative estimate of drug-likeness (QED) is 0.649. The van der Waals surface area contributed by atoms with Crippen LogP contribution in [0.1, 0.15) is 20.7 Å². The summed E-state index contributed by atoms with van der Waals surface area (Å²) in [6.45, 7) is 0.666. The smallest absolute Gasteiger partial charge is 0.255 e. The van der Waals surface area contributed by atoms with Crippen LogP contribution < -0.4 is 30.6 Å². The Morgan fingerprint density at radius 3 is 2.15 bits per heavy atom. The molecule has 8 nitrogen and oxygen atoms in total. The van der Waals surface area contributed by atoms with Crippen molar-refractivity contribution >= 4 is 17.5 Å². The monoisotopic (exact) mass is 373 g/mol. The van der Waals surface area contributed by atoms with Crippen molar-refractivity contribution in [2.45, 2.75) is 0 Å². The number of benzene rings is 2. The van der Waals surface area contributed by atoms with Crippen molar-refractivity contribution in [3.8, 4) is 17.2 Å². The molecule has 0 saturated heterocycles. The van der Waals surface area contributed by atoms with Gasteiger partial charge in [0.25, 0.3) is 11.8 Å². The molecule has 4 N–H and O–H groups in total. The van der Waals surface area contributed by atoms with Gasteiger partial charge < -0.3 is 30.6 Å². The number of ether oxygens (including phenoxy) is 3. The third kappa shape index (κ3) is 4.68. The van der Waals surface area contributed by atoms with Gasteiger partial charge in [0, 0.05) is 18.7 Å². The van der Waals surface area contributed by atoms with Crippen molar-refractivity contribution in [3.63, 3.8) is 0 Å². The van der Waals surface area contributed by atoms with Crippen LogP contribution in [0, 0.1) is 0 Å². The van der Waals surface area contributed by atoms with E-state index in [-0.39, 0.29) is 5.91 Å². The van der Waals surface area contributed by atoms with E-state index in [9.17, 15) is 9.59 Å². The number of hydrogen-bond donors (Lipinski definition) is 3. The lowest BCUT2D eigenvalue weighted by Crippen LogP contribution is -2.30. The first-order valence-corrected chi connectivity index (χ1v) is 8.24. The fourth-order valence-corrected chi connectivity index (χ4v) is 2.48. The Kier molecular flexibility index (Phi) is 7.01. The number of hydrogen-bond acceptors (Lipinski definition) is 6. The standard InChI is InChI=1S/C19H23N3O5/c1-25-15-10-12(11-16(26-2)17(15)27-3)18(23)22-14-7-5-4-6-13(14)19(24)21-9-8-20/h4-7,10-11H,8-9,20H2,1-3H3,(H,21,24)(H,22,23). The van der Waals surface area contributed by atoms with Crippen molar-refractivity contribution in [2.24, 2.45) is 5.73 Å². The second-order valence-corrected chi connectivity index (χ2v) is 5.46. The Bertz CT molecular complexity index is 798. The number of carbonyl (C=O) groups is 2. The van der Waals surface area contributed by atoms with Gasteiger partial charge in [0.05, 0.1) is 32.6 Å². The van der Waals surface area contributed by atoms with Gasteiger partial charge in [0.15, 0.2) is 11.5 Å². The molecule has 0 radical (unpaired) electrons. The molecule has 2 aromatic carbocycles. The molecule has 0 saturated carbocycles. The Morgan fingerprint density at radius 1 is 0.963 bits per heavy atom. The molecule has 144 valence electrons. The lowest BCUT2D eigenvalue weighted by atomic mass is 10.1. The molecule has 27 heavy (non-hydrogen) atoms. The molecular formula is C19H23N3O5. The Labute approximate surface area is 157 Å². The van der Waals surface area contributed by atoms with Gasteiger partial charge in [-0.15, -0.1) is 0 Å². The lowest BCUT2D eigenvalue weighted by Gasteiger charge is -2.15. The maximum absolute atomic E-state index is 12.7. The normalized spacial score (nSPS) is 10.1. The molecule has 0 spiro atoms. The molecule has 0 atom stereocenters. The summed E-state index contributed by atoms with van der Waals surface area (Å²) in [6, 6.07) is 9.78. The second-order valence-electron chi connectivity index (χ2n) is 5.46. The van der Waals surface area contributed by atoms with Gasteiger partial charge >= 0.3 is 0 Å². The average Bonchev–Trinajstić information content (AvgIpc) is 2.70. The number of carbonyl (C=O) groups excluding carboxylic acids is 2. The lowest BCUT2D eigenvalue weighted by molar-refractivity contribution is 0.0955. The Morgan fingerprint density at radius 2 is 1.59 bits per heavy atom. The van der Waals surface area contributed by atoms with Crippen LogP contribution >= 0.6 is 0 Å². The highest BCUT2D eigenvalue weighted by Crippen LogP contribution is 2.38. The summed E-state index contributed by atoms with van der Waals surface area (Å²) in [6.07, 6.45) is 0. The van der Waals surface area contributed by atoms with Gasteiger partial charge in [-0.1, -0.05) is 12.1 Å². The van der Waals surface area contributed by atoms with Crippen molar-refractivity contribution < 1.29 is 23.8 Å². The van der Waals surface area contributed by atoms with Crippen molar-refractivity contribution in [1.29, 1.82) is 0 Å². The number of anilines is 1. The number of rotatable bonds is 8. The van der Waals surface area contributed by atoms with Gasteiger partial charge in [0.2, 0.25) is 5.75 Å².